The number of allylic oxidation sites excluding steroid dienone is 4. The molecule has 0 radical (unpaired) electrons. The zero-order valence-corrected chi connectivity index (χ0v) is 45.5. The van der Waals surface area contributed by atoms with Crippen molar-refractivity contribution in [3.05, 3.63) is 341 Å². The average Bonchev–Trinajstić information content (AvgIpc) is 3.95. The van der Waals surface area contributed by atoms with Crippen molar-refractivity contribution in [2.45, 2.75) is 0 Å². The van der Waals surface area contributed by atoms with Gasteiger partial charge in [-0.25, -0.2) is 0 Å². The second-order valence-corrected chi connectivity index (χ2v) is 20.6. The van der Waals surface area contributed by atoms with Crippen LogP contribution < -0.4 is 4.90 Å². The van der Waals surface area contributed by atoms with Gasteiger partial charge in [0.25, 0.3) is 0 Å². The summed E-state index contributed by atoms with van der Waals surface area (Å²) in [6, 6.07) is 111. The molecular formula is C80H58N2. The first-order valence-corrected chi connectivity index (χ1v) is 27.9. The lowest BCUT2D eigenvalue weighted by Crippen LogP contribution is -2.10. The molecule has 14 rings (SSSR count). The van der Waals surface area contributed by atoms with Crippen LogP contribution in [0.15, 0.2) is 341 Å². The summed E-state index contributed by atoms with van der Waals surface area (Å²) in [5.74, 6) is 0. The quantitative estimate of drug-likeness (QED) is 0.111. The lowest BCUT2D eigenvalue weighted by Gasteiger charge is -2.26. The number of benzene rings is 13. The number of aromatic nitrogens is 1. The summed E-state index contributed by atoms with van der Waals surface area (Å²) in [7, 11) is 0. The largest absolute Gasteiger partial charge is 0.310 e. The van der Waals surface area contributed by atoms with Gasteiger partial charge in [-0.3, -0.25) is 0 Å². The maximum absolute atomic E-state index is 3.46. The molecule has 0 atom stereocenters. The van der Waals surface area contributed by atoms with Crippen LogP contribution in [0.4, 0.5) is 17.1 Å². The van der Waals surface area contributed by atoms with Crippen molar-refractivity contribution < 1.29 is 0 Å². The molecule has 0 amide bonds. The minimum Gasteiger partial charge on any atom is -0.310 e. The van der Waals surface area contributed by atoms with Crippen molar-refractivity contribution in [3.8, 4) is 72.4 Å². The summed E-state index contributed by atoms with van der Waals surface area (Å²) < 4.78 is 2.46. The van der Waals surface area contributed by atoms with Gasteiger partial charge in [-0.05, 0) is 173 Å². The van der Waals surface area contributed by atoms with Crippen LogP contribution in [0, 0.1) is 0 Å². The van der Waals surface area contributed by atoms with Gasteiger partial charge >= 0.3 is 0 Å². The fraction of sp³-hybridized carbons (Fsp3) is 0. The second-order valence-electron chi connectivity index (χ2n) is 20.6. The molecule has 82 heavy (non-hydrogen) atoms. The lowest BCUT2D eigenvalue weighted by atomic mass is 9.94. The van der Waals surface area contributed by atoms with Crippen LogP contribution in [-0.2, 0) is 0 Å². The van der Waals surface area contributed by atoms with Crippen LogP contribution in [0.5, 0.6) is 0 Å². The van der Waals surface area contributed by atoms with Crippen LogP contribution >= 0.6 is 0 Å². The molecule has 388 valence electrons. The molecule has 0 spiro atoms. The predicted octanol–water partition coefficient (Wildman–Crippen LogP) is 22.5. The van der Waals surface area contributed by atoms with E-state index >= 15 is 0 Å². The van der Waals surface area contributed by atoms with Crippen LogP contribution in [0.2, 0.25) is 0 Å². The van der Waals surface area contributed by atoms with Crippen molar-refractivity contribution in [1.29, 1.82) is 0 Å². The van der Waals surface area contributed by atoms with Gasteiger partial charge in [-0.15, -0.1) is 0 Å². The molecule has 1 aromatic heterocycles. The third-order valence-corrected chi connectivity index (χ3v) is 15.5. The molecule has 0 unspecified atom stereocenters. The summed E-state index contributed by atoms with van der Waals surface area (Å²) in [6.07, 6.45) is 7.07. The van der Waals surface area contributed by atoms with Gasteiger partial charge in [0, 0.05) is 33.5 Å². The highest BCUT2D eigenvalue weighted by molar-refractivity contribution is 6.11. The second kappa shape index (κ2) is 22.9. The molecule has 0 fully saturated rings. The molecule has 13 aromatic carbocycles. The van der Waals surface area contributed by atoms with Gasteiger partial charge in [0.05, 0.1) is 11.0 Å². The molecule has 0 N–H and O–H groups in total. The SMILES string of the molecule is C=C/C=C\C=C.c1ccc(-c2cccc(-c3cc(-c4cccc(-c5ccccc5)c4)cc(-n4c5ccccc5c5cc(-c6ccc(-c7cccc(N(c8ccc9ccccc9c8)c8ccc9ccccc9c8)c7)cc6)ccc54)c3)c2)cc1. The monoisotopic (exact) mass is 1050 g/mol. The Morgan fingerprint density at radius 1 is 0.244 bits per heavy atom. The van der Waals surface area contributed by atoms with E-state index in [2.05, 4.69) is 326 Å². The molecule has 0 saturated carbocycles. The summed E-state index contributed by atoms with van der Waals surface area (Å²) >= 11 is 0. The van der Waals surface area contributed by atoms with Gasteiger partial charge in [-0.2, -0.15) is 0 Å². The number of anilines is 3. The van der Waals surface area contributed by atoms with Crippen LogP contribution in [0.1, 0.15) is 0 Å². The molecule has 0 bridgehead atoms. The number of fused-ring (bicyclic) bond motifs is 5. The van der Waals surface area contributed by atoms with E-state index in [1.165, 1.54) is 105 Å². The maximum Gasteiger partial charge on any atom is 0.0541 e. The summed E-state index contributed by atoms with van der Waals surface area (Å²) in [5, 5.41) is 7.32. The number of hydrogen-bond acceptors (Lipinski definition) is 1. The van der Waals surface area contributed by atoms with Crippen molar-refractivity contribution in [1.82, 2.24) is 4.57 Å². The van der Waals surface area contributed by atoms with Gasteiger partial charge < -0.3 is 9.47 Å². The summed E-state index contributed by atoms with van der Waals surface area (Å²) in [5.41, 5.74) is 21.0. The highest BCUT2D eigenvalue weighted by atomic mass is 15.1. The molecular weight excluding hydrogens is 989 g/mol. The van der Waals surface area contributed by atoms with Gasteiger partial charge in [0.2, 0.25) is 0 Å². The average molecular weight is 1050 g/mol. The zero-order valence-electron chi connectivity index (χ0n) is 45.5. The predicted molar refractivity (Wildman–Crippen MR) is 353 cm³/mol. The third-order valence-electron chi connectivity index (χ3n) is 15.5. The zero-order chi connectivity index (χ0) is 55.2. The number of nitrogens with zero attached hydrogens (tertiary/aromatic N) is 2. The van der Waals surface area contributed by atoms with Gasteiger partial charge in [-0.1, -0.05) is 256 Å². The third kappa shape index (κ3) is 10.4. The minimum atomic E-state index is 1.10. The minimum absolute atomic E-state index is 1.10. The standard InChI is InChI=1S/C74H50N2.C6H8/c1-3-16-51(17-4-1)57-24-13-26-59(42-57)65-44-66(60-27-14-25-58(43-60)52-18-5-2-6-19-52)49-70(48-65)76-73-31-12-11-30-71(73)72-50-64(38-41-74(72)76)56-34-32-55(33-35-56)63-28-15-29-67(45-63)75(68-39-36-53-20-7-9-22-61(53)46-68)69-40-37-54-21-8-10-23-62(54)47-69;1-3-5-6-4-2/h1-50H;3-6H,1-2H2/b;6-5-. The van der Waals surface area contributed by atoms with Crippen molar-refractivity contribution in [2.24, 2.45) is 0 Å². The molecule has 14 aromatic rings. The Bertz CT molecular complexity index is 4470. The Balaban J connectivity index is 0.00000100. The fourth-order valence-electron chi connectivity index (χ4n) is 11.4. The van der Waals surface area contributed by atoms with Crippen molar-refractivity contribution in [3.63, 3.8) is 0 Å². The fourth-order valence-corrected chi connectivity index (χ4v) is 11.4. The van der Waals surface area contributed by atoms with Crippen LogP contribution in [0.3, 0.4) is 0 Å². The Morgan fingerprint density at radius 2 is 0.622 bits per heavy atom. The first-order chi connectivity index (χ1) is 40.5. The number of hydrogen-bond donors (Lipinski definition) is 0. The molecule has 0 aliphatic carbocycles. The normalized spacial score (nSPS) is 11.2. The lowest BCUT2D eigenvalue weighted by molar-refractivity contribution is 1.18. The van der Waals surface area contributed by atoms with Crippen molar-refractivity contribution >= 4 is 60.4 Å². The molecule has 0 aliphatic rings. The van der Waals surface area contributed by atoms with E-state index in [1.54, 1.807) is 12.2 Å². The maximum atomic E-state index is 3.46. The Labute approximate surface area is 480 Å². The van der Waals surface area contributed by atoms with E-state index in [9.17, 15) is 0 Å². The van der Waals surface area contributed by atoms with Crippen LogP contribution in [0.25, 0.3) is 116 Å². The van der Waals surface area contributed by atoms with E-state index in [1.807, 2.05) is 12.2 Å². The smallest absolute Gasteiger partial charge is 0.0541 e. The summed E-state index contributed by atoms with van der Waals surface area (Å²) in [6.45, 7) is 6.93. The highest BCUT2D eigenvalue weighted by Crippen LogP contribution is 2.42. The van der Waals surface area contributed by atoms with Gasteiger partial charge in [0.1, 0.15) is 0 Å². The van der Waals surface area contributed by atoms with Gasteiger partial charge in [0.15, 0.2) is 0 Å². The Hall–Kier alpha value is -10.8. The van der Waals surface area contributed by atoms with E-state index in [0.717, 1.165) is 28.3 Å². The molecule has 1 heterocycles. The van der Waals surface area contributed by atoms with E-state index < -0.39 is 0 Å². The first kappa shape index (κ1) is 50.7. The molecule has 2 nitrogen and oxygen atoms in total. The number of rotatable bonds is 12. The Morgan fingerprint density at radius 3 is 1.16 bits per heavy atom. The number of para-hydroxylation sites is 1. The first-order valence-electron chi connectivity index (χ1n) is 27.9. The molecule has 0 aliphatic heterocycles. The van der Waals surface area contributed by atoms with E-state index in [4.69, 9.17) is 0 Å². The highest BCUT2D eigenvalue weighted by Gasteiger charge is 2.18. The van der Waals surface area contributed by atoms with E-state index in [-0.39, 0.29) is 0 Å². The summed E-state index contributed by atoms with van der Waals surface area (Å²) in [4.78, 5) is 2.38. The topological polar surface area (TPSA) is 8.17 Å². The van der Waals surface area contributed by atoms with E-state index in [0.29, 0.717) is 0 Å². The van der Waals surface area contributed by atoms with Crippen LogP contribution in [-0.4, -0.2) is 4.57 Å². The molecule has 2 heteroatoms. The Kier molecular flexibility index (Phi) is 14.1. The van der Waals surface area contributed by atoms with Crippen molar-refractivity contribution in [2.75, 3.05) is 4.90 Å². The molecule has 0 saturated heterocycles.